The van der Waals surface area contributed by atoms with E-state index in [9.17, 15) is 14.4 Å². The summed E-state index contributed by atoms with van der Waals surface area (Å²) >= 11 is 4.04. The topological polar surface area (TPSA) is 110 Å². The second-order valence-corrected chi connectivity index (χ2v) is 12.3. The van der Waals surface area contributed by atoms with Crippen molar-refractivity contribution in [2.24, 2.45) is 5.92 Å². The molecule has 2 aliphatic carbocycles. The smallest absolute Gasteiger partial charge is 0.341 e. The van der Waals surface area contributed by atoms with E-state index in [0.29, 0.717) is 26.6 Å². The highest BCUT2D eigenvalue weighted by atomic mass is 32.2. The van der Waals surface area contributed by atoms with Crippen molar-refractivity contribution < 1.29 is 19.1 Å². The van der Waals surface area contributed by atoms with Gasteiger partial charge in [0, 0.05) is 10.8 Å². The van der Waals surface area contributed by atoms with Gasteiger partial charge in [-0.3, -0.25) is 9.59 Å². The molecular weight excluding hydrogens is 492 g/mol. The Hall–Kier alpha value is -1.98. The standard InChI is InChI=1S/C23H30N4O4S3/c1-3-31-21(30)17-15-11-5-4-6-12-16(15)33-20(17)24-18(28)13(2)32-23-27-26-22(34-23)25-19(29)14-9-7-8-10-14/h13-14H,3-12H2,1-2H3,(H,24,28)(H,25,26,29). The van der Waals surface area contributed by atoms with Crippen LogP contribution in [-0.2, 0) is 27.2 Å². The van der Waals surface area contributed by atoms with Gasteiger partial charge in [0.2, 0.25) is 16.9 Å². The highest BCUT2D eigenvalue weighted by Gasteiger charge is 2.28. The molecule has 2 N–H and O–H groups in total. The Kier molecular flexibility index (Phi) is 8.60. The number of rotatable bonds is 8. The van der Waals surface area contributed by atoms with Gasteiger partial charge in [-0.2, -0.15) is 0 Å². The number of nitrogens with one attached hydrogen (secondary N) is 2. The number of anilines is 2. The molecule has 34 heavy (non-hydrogen) atoms. The largest absolute Gasteiger partial charge is 0.462 e. The summed E-state index contributed by atoms with van der Waals surface area (Å²) < 4.78 is 5.91. The van der Waals surface area contributed by atoms with Crippen molar-refractivity contribution in [1.29, 1.82) is 0 Å². The lowest BCUT2D eigenvalue weighted by Gasteiger charge is -2.11. The molecule has 2 amide bonds. The van der Waals surface area contributed by atoms with Gasteiger partial charge in [0.05, 0.1) is 17.4 Å². The van der Waals surface area contributed by atoms with Crippen LogP contribution in [0.15, 0.2) is 4.34 Å². The summed E-state index contributed by atoms with van der Waals surface area (Å²) in [6.45, 7) is 3.87. The summed E-state index contributed by atoms with van der Waals surface area (Å²) in [5.41, 5.74) is 1.55. The van der Waals surface area contributed by atoms with E-state index in [2.05, 4.69) is 20.8 Å². The first kappa shape index (κ1) is 25.1. The van der Waals surface area contributed by atoms with Crippen molar-refractivity contribution in [1.82, 2.24) is 10.2 Å². The molecule has 1 unspecified atom stereocenters. The Morgan fingerprint density at radius 3 is 2.59 bits per heavy atom. The number of thiophene rings is 1. The zero-order valence-electron chi connectivity index (χ0n) is 19.5. The van der Waals surface area contributed by atoms with Crippen LogP contribution >= 0.6 is 34.4 Å². The molecule has 0 spiro atoms. The van der Waals surface area contributed by atoms with Gasteiger partial charge in [-0.15, -0.1) is 21.5 Å². The van der Waals surface area contributed by atoms with E-state index in [1.54, 1.807) is 13.8 Å². The van der Waals surface area contributed by atoms with Crippen LogP contribution in [0.5, 0.6) is 0 Å². The maximum absolute atomic E-state index is 13.0. The number of aryl methyl sites for hydroxylation is 1. The van der Waals surface area contributed by atoms with E-state index in [1.807, 2.05) is 0 Å². The van der Waals surface area contributed by atoms with Gasteiger partial charge in [-0.25, -0.2) is 4.79 Å². The molecule has 0 aromatic carbocycles. The summed E-state index contributed by atoms with van der Waals surface area (Å²) in [5, 5.41) is 14.6. The Morgan fingerprint density at radius 1 is 1.06 bits per heavy atom. The van der Waals surface area contributed by atoms with E-state index >= 15 is 0 Å². The fourth-order valence-corrected chi connectivity index (χ4v) is 7.55. The fourth-order valence-electron chi connectivity index (χ4n) is 4.37. The Balaban J connectivity index is 1.40. The minimum atomic E-state index is -0.455. The number of aromatic nitrogens is 2. The van der Waals surface area contributed by atoms with Gasteiger partial charge in [-0.1, -0.05) is 42.4 Å². The van der Waals surface area contributed by atoms with Gasteiger partial charge in [0.25, 0.3) is 0 Å². The number of esters is 1. The van der Waals surface area contributed by atoms with Crippen molar-refractivity contribution in [2.75, 3.05) is 17.2 Å². The second kappa shape index (κ2) is 11.6. The number of nitrogens with zero attached hydrogens (tertiary/aromatic N) is 2. The van der Waals surface area contributed by atoms with Crippen LogP contribution in [0.1, 0.15) is 79.6 Å². The first-order valence-electron chi connectivity index (χ1n) is 11.9. The number of carbonyl (C=O) groups is 3. The molecule has 1 saturated carbocycles. The lowest BCUT2D eigenvalue weighted by Crippen LogP contribution is -2.23. The number of hydrogen-bond donors (Lipinski definition) is 2. The highest BCUT2D eigenvalue weighted by Crippen LogP contribution is 2.39. The quantitative estimate of drug-likeness (QED) is 0.210. The molecule has 1 atom stereocenters. The Morgan fingerprint density at radius 2 is 1.82 bits per heavy atom. The number of thioether (sulfide) groups is 1. The first-order chi connectivity index (χ1) is 16.5. The summed E-state index contributed by atoms with van der Waals surface area (Å²) in [6.07, 6.45) is 9.04. The normalized spacial score (nSPS) is 17.0. The summed E-state index contributed by atoms with van der Waals surface area (Å²) in [7, 11) is 0. The molecular formula is C23H30N4O4S3. The van der Waals surface area contributed by atoms with Gasteiger partial charge in [0.1, 0.15) is 5.00 Å². The van der Waals surface area contributed by atoms with Crippen molar-refractivity contribution in [3.63, 3.8) is 0 Å². The van der Waals surface area contributed by atoms with Crippen molar-refractivity contribution in [2.45, 2.75) is 81.2 Å². The third-order valence-corrected chi connectivity index (χ3v) is 9.38. The van der Waals surface area contributed by atoms with Gasteiger partial charge in [0.15, 0.2) is 4.34 Å². The van der Waals surface area contributed by atoms with Crippen LogP contribution in [0.2, 0.25) is 0 Å². The third-order valence-electron chi connectivity index (χ3n) is 6.15. The molecule has 4 rings (SSSR count). The van der Waals surface area contributed by atoms with Crippen LogP contribution in [0.25, 0.3) is 0 Å². The fraction of sp³-hybridized carbons (Fsp3) is 0.609. The second-order valence-electron chi connectivity index (χ2n) is 8.58. The van der Waals surface area contributed by atoms with Gasteiger partial charge in [-0.05, 0) is 57.9 Å². The first-order valence-corrected chi connectivity index (χ1v) is 14.4. The zero-order chi connectivity index (χ0) is 24.1. The predicted molar refractivity (Wildman–Crippen MR) is 136 cm³/mol. The van der Waals surface area contributed by atoms with Crippen molar-refractivity contribution in [3.8, 4) is 0 Å². The molecule has 2 heterocycles. The van der Waals surface area contributed by atoms with E-state index in [0.717, 1.165) is 63.4 Å². The third kappa shape index (κ3) is 5.98. The Bertz CT molecular complexity index is 1050. The number of amides is 2. The van der Waals surface area contributed by atoms with Crippen LogP contribution < -0.4 is 10.6 Å². The number of fused-ring (bicyclic) bond motifs is 1. The molecule has 11 heteroatoms. The number of carbonyl (C=O) groups excluding carboxylic acids is 3. The maximum atomic E-state index is 13.0. The summed E-state index contributed by atoms with van der Waals surface area (Å²) in [4.78, 5) is 39.2. The zero-order valence-corrected chi connectivity index (χ0v) is 21.9. The lowest BCUT2D eigenvalue weighted by atomic mass is 10.1. The molecule has 2 aromatic heterocycles. The van der Waals surface area contributed by atoms with E-state index in [-0.39, 0.29) is 23.7 Å². The average molecular weight is 523 g/mol. The van der Waals surface area contributed by atoms with Crippen LogP contribution in [0, 0.1) is 5.92 Å². The summed E-state index contributed by atoms with van der Waals surface area (Å²) in [6, 6.07) is 0. The molecule has 0 radical (unpaired) electrons. The van der Waals surface area contributed by atoms with Crippen LogP contribution in [0.3, 0.4) is 0 Å². The monoisotopic (exact) mass is 522 g/mol. The molecule has 2 aromatic rings. The SMILES string of the molecule is CCOC(=O)c1c(NC(=O)C(C)Sc2nnc(NC(=O)C3CCCC3)s2)sc2c1CCCCC2. The lowest BCUT2D eigenvalue weighted by molar-refractivity contribution is -0.119. The molecule has 184 valence electrons. The molecule has 1 fully saturated rings. The van der Waals surface area contributed by atoms with E-state index in [1.165, 1.54) is 39.3 Å². The Labute approximate surface area is 211 Å². The molecule has 0 saturated heterocycles. The van der Waals surface area contributed by atoms with E-state index in [4.69, 9.17) is 4.74 Å². The molecule has 8 nitrogen and oxygen atoms in total. The van der Waals surface area contributed by atoms with Gasteiger partial charge >= 0.3 is 5.97 Å². The van der Waals surface area contributed by atoms with Crippen molar-refractivity contribution in [3.05, 3.63) is 16.0 Å². The van der Waals surface area contributed by atoms with Crippen LogP contribution in [-0.4, -0.2) is 39.8 Å². The minimum Gasteiger partial charge on any atom is -0.462 e. The highest BCUT2D eigenvalue weighted by molar-refractivity contribution is 8.02. The minimum absolute atomic E-state index is 0.0000476. The average Bonchev–Trinajstić information content (AvgIpc) is 3.52. The van der Waals surface area contributed by atoms with Crippen LogP contribution in [0.4, 0.5) is 10.1 Å². The van der Waals surface area contributed by atoms with Gasteiger partial charge < -0.3 is 15.4 Å². The predicted octanol–water partition coefficient (Wildman–Crippen LogP) is 5.29. The maximum Gasteiger partial charge on any atom is 0.341 e. The molecule has 2 aliphatic rings. The number of ether oxygens (including phenoxy) is 1. The summed E-state index contributed by atoms with van der Waals surface area (Å²) in [5.74, 6) is -0.526. The number of hydrogen-bond acceptors (Lipinski definition) is 9. The molecule has 0 bridgehead atoms. The van der Waals surface area contributed by atoms with Crippen molar-refractivity contribution >= 4 is 62.4 Å². The molecule has 0 aliphatic heterocycles. The van der Waals surface area contributed by atoms with E-state index < -0.39 is 5.25 Å².